The maximum atomic E-state index is 12.3. The molecule has 2 aromatic rings. The Hall–Kier alpha value is -2.45. The van der Waals surface area contributed by atoms with Crippen molar-refractivity contribution in [3.63, 3.8) is 0 Å². The number of thioether (sulfide) groups is 1. The number of carbonyl (C=O) groups is 3. The maximum absolute atomic E-state index is 12.3. The largest absolute Gasteiger partial charge is 0.491 e. The number of H-pyrrole nitrogens is 1. The molecule has 2 heterocycles. The monoisotopic (exact) mass is 421 g/mol. The van der Waals surface area contributed by atoms with E-state index in [-0.39, 0.29) is 11.8 Å². The number of fused-ring (bicyclic) bond motifs is 1. The van der Waals surface area contributed by atoms with Gasteiger partial charge >= 0.3 is 0 Å². The molecule has 0 atom stereocenters. The molecule has 1 aromatic carbocycles. The standard InChI is InChI=1S/C19H20ClN3O4S/c1-23(19(26)13-2-3-21-16(13)11-24)4-6-28-7-5-27-17-8-12-9-18(25)22-15(12)10-14(17)20/h2-3,8,10-11,21H,4-7,9H2,1H3,(H,22,25). The number of halogens is 1. The van der Waals surface area contributed by atoms with Crippen LogP contribution in [-0.4, -0.2) is 59.7 Å². The SMILES string of the molecule is CN(CCSCCOc1cc2c(cc1Cl)NC(=O)C2)C(=O)c1cc[nH]c1C=O. The fourth-order valence-corrected chi connectivity index (χ4v) is 3.85. The normalized spacial score (nSPS) is 12.4. The number of amides is 2. The average molecular weight is 422 g/mol. The summed E-state index contributed by atoms with van der Waals surface area (Å²) in [6.07, 6.45) is 2.56. The molecule has 1 aliphatic rings. The van der Waals surface area contributed by atoms with Crippen molar-refractivity contribution in [3.8, 4) is 5.75 Å². The third kappa shape index (κ3) is 4.69. The van der Waals surface area contributed by atoms with Crippen LogP contribution in [0.25, 0.3) is 0 Å². The van der Waals surface area contributed by atoms with Crippen LogP contribution in [0.15, 0.2) is 24.4 Å². The molecule has 0 bridgehead atoms. The third-order valence-corrected chi connectivity index (χ3v) is 5.54. The lowest BCUT2D eigenvalue weighted by Gasteiger charge is -2.16. The molecular weight excluding hydrogens is 402 g/mol. The van der Waals surface area contributed by atoms with Crippen molar-refractivity contribution in [3.05, 3.63) is 46.2 Å². The molecule has 2 N–H and O–H groups in total. The minimum absolute atomic E-state index is 0.0441. The van der Waals surface area contributed by atoms with Crippen molar-refractivity contribution in [1.82, 2.24) is 9.88 Å². The van der Waals surface area contributed by atoms with E-state index in [1.165, 1.54) is 0 Å². The number of ether oxygens (including phenoxy) is 1. The molecule has 1 aliphatic heterocycles. The Balaban J connectivity index is 1.39. The van der Waals surface area contributed by atoms with Gasteiger partial charge in [-0.05, 0) is 23.8 Å². The summed E-state index contributed by atoms with van der Waals surface area (Å²) < 4.78 is 5.73. The first-order valence-electron chi connectivity index (χ1n) is 8.70. The lowest BCUT2D eigenvalue weighted by Crippen LogP contribution is -2.29. The molecule has 0 unspecified atom stereocenters. The number of nitrogens with one attached hydrogen (secondary N) is 2. The number of hydrogen-bond acceptors (Lipinski definition) is 5. The number of aromatic amines is 1. The molecule has 0 aliphatic carbocycles. The molecule has 2 amide bonds. The highest BCUT2D eigenvalue weighted by molar-refractivity contribution is 7.99. The molecule has 7 nitrogen and oxygen atoms in total. The van der Waals surface area contributed by atoms with Gasteiger partial charge in [-0.25, -0.2) is 0 Å². The van der Waals surface area contributed by atoms with Crippen LogP contribution in [0.5, 0.6) is 5.75 Å². The van der Waals surface area contributed by atoms with Crippen molar-refractivity contribution in [2.45, 2.75) is 6.42 Å². The van der Waals surface area contributed by atoms with Crippen molar-refractivity contribution < 1.29 is 19.1 Å². The van der Waals surface area contributed by atoms with Gasteiger partial charge in [0.2, 0.25) is 5.91 Å². The Kier molecular flexibility index (Phi) is 6.64. The fourth-order valence-electron chi connectivity index (χ4n) is 2.82. The Morgan fingerprint density at radius 3 is 3.00 bits per heavy atom. The summed E-state index contributed by atoms with van der Waals surface area (Å²) >= 11 is 7.84. The van der Waals surface area contributed by atoms with E-state index in [2.05, 4.69) is 10.3 Å². The Labute approximate surface area is 171 Å². The van der Waals surface area contributed by atoms with E-state index in [1.54, 1.807) is 48.1 Å². The highest BCUT2D eigenvalue weighted by atomic mass is 35.5. The predicted molar refractivity (Wildman–Crippen MR) is 110 cm³/mol. The fraction of sp³-hybridized carbons (Fsp3) is 0.316. The van der Waals surface area contributed by atoms with E-state index in [0.29, 0.717) is 47.9 Å². The van der Waals surface area contributed by atoms with Crippen LogP contribution in [0.4, 0.5) is 5.69 Å². The van der Waals surface area contributed by atoms with Gasteiger partial charge in [-0.1, -0.05) is 11.6 Å². The lowest BCUT2D eigenvalue weighted by molar-refractivity contribution is -0.115. The molecule has 0 saturated carbocycles. The number of benzene rings is 1. The molecule has 9 heteroatoms. The summed E-state index contributed by atoms with van der Waals surface area (Å²) in [5.74, 6) is 1.81. The van der Waals surface area contributed by atoms with E-state index in [0.717, 1.165) is 22.8 Å². The van der Waals surface area contributed by atoms with Gasteiger partial charge in [-0.3, -0.25) is 14.4 Å². The Morgan fingerprint density at radius 1 is 1.39 bits per heavy atom. The quantitative estimate of drug-likeness (QED) is 0.480. The highest BCUT2D eigenvalue weighted by Gasteiger charge is 2.20. The zero-order valence-corrected chi connectivity index (χ0v) is 16.9. The van der Waals surface area contributed by atoms with Crippen LogP contribution in [-0.2, 0) is 11.2 Å². The number of carbonyl (C=O) groups excluding carboxylic acids is 3. The van der Waals surface area contributed by atoms with Gasteiger partial charge in [0.05, 0.1) is 29.3 Å². The first kappa shape index (κ1) is 20.3. The van der Waals surface area contributed by atoms with Gasteiger partial charge in [0.25, 0.3) is 5.91 Å². The van der Waals surface area contributed by atoms with E-state index in [4.69, 9.17) is 16.3 Å². The molecular formula is C19H20ClN3O4S. The second kappa shape index (κ2) is 9.16. The zero-order valence-electron chi connectivity index (χ0n) is 15.3. The van der Waals surface area contributed by atoms with Gasteiger partial charge in [-0.15, -0.1) is 0 Å². The topological polar surface area (TPSA) is 91.5 Å². The van der Waals surface area contributed by atoms with Gasteiger partial charge in [0, 0.05) is 37.0 Å². The molecule has 0 spiro atoms. The first-order chi connectivity index (χ1) is 13.5. The maximum Gasteiger partial charge on any atom is 0.255 e. The summed E-state index contributed by atoms with van der Waals surface area (Å²) in [6, 6.07) is 5.11. The molecule has 0 radical (unpaired) electrons. The van der Waals surface area contributed by atoms with Gasteiger partial charge < -0.3 is 19.9 Å². The lowest BCUT2D eigenvalue weighted by atomic mass is 10.1. The van der Waals surface area contributed by atoms with Crippen LogP contribution in [0.2, 0.25) is 5.02 Å². The van der Waals surface area contributed by atoms with Crippen molar-refractivity contribution in [1.29, 1.82) is 0 Å². The molecule has 0 fully saturated rings. The van der Waals surface area contributed by atoms with E-state index < -0.39 is 0 Å². The number of nitrogens with zero attached hydrogens (tertiary/aromatic N) is 1. The van der Waals surface area contributed by atoms with E-state index in [9.17, 15) is 14.4 Å². The summed E-state index contributed by atoms with van der Waals surface area (Å²) in [5, 5.41) is 3.22. The number of anilines is 1. The van der Waals surface area contributed by atoms with Gasteiger partial charge in [0.15, 0.2) is 6.29 Å². The van der Waals surface area contributed by atoms with Crippen LogP contribution < -0.4 is 10.1 Å². The first-order valence-corrected chi connectivity index (χ1v) is 10.2. The number of aldehydes is 1. The minimum atomic E-state index is -0.187. The highest BCUT2D eigenvalue weighted by Crippen LogP contribution is 2.34. The number of hydrogen-bond donors (Lipinski definition) is 2. The molecule has 3 rings (SSSR count). The average Bonchev–Trinajstić information content (AvgIpc) is 3.28. The summed E-state index contributed by atoms with van der Waals surface area (Å²) in [5.41, 5.74) is 2.30. The van der Waals surface area contributed by atoms with Crippen LogP contribution in [0.3, 0.4) is 0 Å². The van der Waals surface area contributed by atoms with Crippen LogP contribution in [0, 0.1) is 0 Å². The van der Waals surface area contributed by atoms with Crippen molar-refractivity contribution in [2.75, 3.05) is 37.0 Å². The van der Waals surface area contributed by atoms with E-state index >= 15 is 0 Å². The summed E-state index contributed by atoms with van der Waals surface area (Å²) in [7, 11) is 1.71. The Morgan fingerprint density at radius 2 is 2.21 bits per heavy atom. The van der Waals surface area contributed by atoms with Gasteiger partial charge in [0.1, 0.15) is 5.75 Å². The smallest absolute Gasteiger partial charge is 0.255 e. The van der Waals surface area contributed by atoms with Crippen molar-refractivity contribution in [2.24, 2.45) is 0 Å². The molecule has 28 heavy (non-hydrogen) atoms. The Bertz CT molecular complexity index is 899. The molecule has 148 valence electrons. The number of rotatable bonds is 9. The second-order valence-electron chi connectivity index (χ2n) is 6.28. The molecule has 1 aromatic heterocycles. The second-order valence-corrected chi connectivity index (χ2v) is 7.91. The minimum Gasteiger partial charge on any atom is -0.491 e. The van der Waals surface area contributed by atoms with Crippen molar-refractivity contribution >= 4 is 47.2 Å². The third-order valence-electron chi connectivity index (χ3n) is 4.31. The van der Waals surface area contributed by atoms with Gasteiger partial charge in [-0.2, -0.15) is 11.8 Å². The molecule has 0 saturated heterocycles. The zero-order chi connectivity index (χ0) is 20.1. The summed E-state index contributed by atoms with van der Waals surface area (Å²) in [4.78, 5) is 39.0. The predicted octanol–water partition coefficient (Wildman–Crippen LogP) is 2.86. The van der Waals surface area contributed by atoms with Crippen LogP contribution >= 0.6 is 23.4 Å². The van der Waals surface area contributed by atoms with Crippen LogP contribution in [0.1, 0.15) is 26.4 Å². The number of aromatic nitrogens is 1. The summed E-state index contributed by atoms with van der Waals surface area (Å²) in [6.45, 7) is 1.02. The van der Waals surface area contributed by atoms with E-state index in [1.807, 2.05) is 0 Å².